The summed E-state index contributed by atoms with van der Waals surface area (Å²) in [5, 5.41) is 3.40. The van der Waals surface area contributed by atoms with E-state index in [9.17, 15) is 0 Å². The summed E-state index contributed by atoms with van der Waals surface area (Å²) in [6.07, 6.45) is 1.15. The van der Waals surface area contributed by atoms with Crippen molar-refractivity contribution in [3.05, 3.63) is 29.8 Å². The van der Waals surface area contributed by atoms with Crippen LogP contribution in [0, 0.1) is 0 Å². The van der Waals surface area contributed by atoms with Crippen molar-refractivity contribution < 1.29 is 4.74 Å². The molecule has 1 aliphatic heterocycles. The van der Waals surface area contributed by atoms with Gasteiger partial charge in [-0.2, -0.15) is 0 Å². The lowest BCUT2D eigenvalue weighted by atomic mass is 10.0. The first-order valence-electron chi connectivity index (χ1n) is 6.44. The highest BCUT2D eigenvalue weighted by molar-refractivity contribution is 5.30. The molecule has 0 spiro atoms. The van der Waals surface area contributed by atoms with Gasteiger partial charge in [-0.1, -0.05) is 19.1 Å². The Morgan fingerprint density at radius 2 is 2.12 bits per heavy atom. The van der Waals surface area contributed by atoms with Gasteiger partial charge in [0, 0.05) is 32.2 Å². The fraction of sp³-hybridized carbons (Fsp3) is 0.571. The molecule has 1 atom stereocenters. The van der Waals surface area contributed by atoms with Gasteiger partial charge in [0.15, 0.2) is 0 Å². The van der Waals surface area contributed by atoms with E-state index in [1.54, 1.807) is 7.11 Å². The molecule has 3 nitrogen and oxygen atoms in total. The number of methoxy groups -OCH3 is 1. The molecule has 0 unspecified atom stereocenters. The Balaban J connectivity index is 2.15. The van der Waals surface area contributed by atoms with Gasteiger partial charge >= 0.3 is 0 Å². The van der Waals surface area contributed by atoms with E-state index >= 15 is 0 Å². The maximum atomic E-state index is 5.31. The Labute approximate surface area is 104 Å². The SMILES string of the molecule is CC[C@@H](c1cccc(OC)c1)N1CCNCC1. The molecule has 17 heavy (non-hydrogen) atoms. The van der Waals surface area contributed by atoms with Gasteiger partial charge in [0.05, 0.1) is 7.11 Å². The van der Waals surface area contributed by atoms with E-state index in [1.165, 1.54) is 5.56 Å². The van der Waals surface area contributed by atoms with Crippen LogP contribution >= 0.6 is 0 Å². The molecule has 1 heterocycles. The van der Waals surface area contributed by atoms with Gasteiger partial charge in [-0.05, 0) is 24.1 Å². The summed E-state index contributed by atoms with van der Waals surface area (Å²) in [5.41, 5.74) is 1.37. The number of rotatable bonds is 4. The fourth-order valence-electron chi connectivity index (χ4n) is 2.55. The predicted molar refractivity (Wildman–Crippen MR) is 70.5 cm³/mol. The molecule has 0 saturated carbocycles. The number of nitrogens with zero attached hydrogens (tertiary/aromatic N) is 1. The van der Waals surface area contributed by atoms with Crippen LogP contribution in [0.5, 0.6) is 5.75 Å². The largest absolute Gasteiger partial charge is 0.497 e. The van der Waals surface area contributed by atoms with Crippen LogP contribution in [0.4, 0.5) is 0 Å². The van der Waals surface area contributed by atoms with Crippen molar-refractivity contribution in [3.8, 4) is 5.75 Å². The lowest BCUT2D eigenvalue weighted by Crippen LogP contribution is -2.45. The van der Waals surface area contributed by atoms with Crippen LogP contribution in [0.2, 0.25) is 0 Å². The highest BCUT2D eigenvalue weighted by Crippen LogP contribution is 2.27. The highest BCUT2D eigenvalue weighted by atomic mass is 16.5. The average Bonchev–Trinajstić information content (AvgIpc) is 2.41. The quantitative estimate of drug-likeness (QED) is 0.863. The first-order valence-corrected chi connectivity index (χ1v) is 6.44. The van der Waals surface area contributed by atoms with Crippen molar-refractivity contribution in [2.24, 2.45) is 0 Å². The van der Waals surface area contributed by atoms with E-state index in [1.807, 2.05) is 6.07 Å². The third kappa shape index (κ3) is 2.99. The van der Waals surface area contributed by atoms with Crippen molar-refractivity contribution in [2.75, 3.05) is 33.3 Å². The van der Waals surface area contributed by atoms with E-state index < -0.39 is 0 Å². The van der Waals surface area contributed by atoms with Crippen LogP contribution in [0.25, 0.3) is 0 Å². The topological polar surface area (TPSA) is 24.5 Å². The van der Waals surface area contributed by atoms with Crippen molar-refractivity contribution in [1.82, 2.24) is 10.2 Å². The van der Waals surface area contributed by atoms with Crippen LogP contribution in [-0.2, 0) is 0 Å². The van der Waals surface area contributed by atoms with Gasteiger partial charge < -0.3 is 10.1 Å². The summed E-state index contributed by atoms with van der Waals surface area (Å²) in [4.78, 5) is 2.56. The molecule has 0 bridgehead atoms. The van der Waals surface area contributed by atoms with Crippen molar-refractivity contribution in [2.45, 2.75) is 19.4 Å². The lowest BCUT2D eigenvalue weighted by molar-refractivity contribution is 0.169. The maximum absolute atomic E-state index is 5.31. The average molecular weight is 234 g/mol. The van der Waals surface area contributed by atoms with E-state index in [2.05, 4.69) is 35.3 Å². The van der Waals surface area contributed by atoms with Gasteiger partial charge in [0.1, 0.15) is 5.75 Å². The molecule has 2 rings (SSSR count). The van der Waals surface area contributed by atoms with Crippen LogP contribution in [-0.4, -0.2) is 38.2 Å². The molecular weight excluding hydrogens is 212 g/mol. The van der Waals surface area contributed by atoms with E-state index in [0.717, 1.165) is 38.3 Å². The second-order valence-electron chi connectivity index (χ2n) is 4.49. The first kappa shape index (κ1) is 12.4. The predicted octanol–water partition coefficient (Wildman–Crippen LogP) is 2.05. The molecule has 0 radical (unpaired) electrons. The molecule has 0 amide bonds. The summed E-state index contributed by atoms with van der Waals surface area (Å²) in [6, 6.07) is 8.98. The number of hydrogen-bond donors (Lipinski definition) is 1. The van der Waals surface area contributed by atoms with Crippen LogP contribution in [0.3, 0.4) is 0 Å². The van der Waals surface area contributed by atoms with Crippen molar-refractivity contribution in [1.29, 1.82) is 0 Å². The van der Waals surface area contributed by atoms with Gasteiger partial charge in [-0.15, -0.1) is 0 Å². The molecule has 1 aromatic carbocycles. The number of benzene rings is 1. The van der Waals surface area contributed by atoms with E-state index in [4.69, 9.17) is 4.74 Å². The number of ether oxygens (including phenoxy) is 1. The van der Waals surface area contributed by atoms with Gasteiger partial charge in [-0.3, -0.25) is 4.90 Å². The van der Waals surface area contributed by atoms with Crippen LogP contribution in [0.15, 0.2) is 24.3 Å². The number of piperazine rings is 1. The smallest absolute Gasteiger partial charge is 0.119 e. The molecule has 1 aliphatic rings. The zero-order valence-electron chi connectivity index (χ0n) is 10.8. The summed E-state index contributed by atoms with van der Waals surface area (Å²) >= 11 is 0. The lowest BCUT2D eigenvalue weighted by Gasteiger charge is -2.34. The number of nitrogens with one attached hydrogen (secondary N) is 1. The summed E-state index contributed by atoms with van der Waals surface area (Å²) in [6.45, 7) is 6.72. The monoisotopic (exact) mass is 234 g/mol. The minimum Gasteiger partial charge on any atom is -0.497 e. The van der Waals surface area contributed by atoms with Crippen LogP contribution < -0.4 is 10.1 Å². The van der Waals surface area contributed by atoms with Crippen molar-refractivity contribution in [3.63, 3.8) is 0 Å². The number of hydrogen-bond acceptors (Lipinski definition) is 3. The first-order chi connectivity index (χ1) is 8.35. The Bertz CT molecular complexity index is 348. The minimum atomic E-state index is 0.521. The summed E-state index contributed by atoms with van der Waals surface area (Å²) < 4.78 is 5.31. The standard InChI is InChI=1S/C14H22N2O/c1-3-14(16-9-7-15-8-10-16)12-5-4-6-13(11-12)17-2/h4-6,11,14-15H,3,7-10H2,1-2H3/t14-/m0/s1. The molecular formula is C14H22N2O. The van der Waals surface area contributed by atoms with E-state index in [0.29, 0.717) is 6.04 Å². The Kier molecular flexibility index (Phi) is 4.40. The minimum absolute atomic E-state index is 0.521. The molecule has 3 heteroatoms. The molecule has 1 N–H and O–H groups in total. The second-order valence-corrected chi connectivity index (χ2v) is 4.49. The molecule has 1 fully saturated rings. The molecule has 1 saturated heterocycles. The zero-order chi connectivity index (χ0) is 12.1. The normalized spacial score (nSPS) is 18.9. The van der Waals surface area contributed by atoms with Gasteiger partial charge in [0.2, 0.25) is 0 Å². The van der Waals surface area contributed by atoms with Crippen LogP contribution in [0.1, 0.15) is 24.9 Å². The molecule has 1 aromatic rings. The molecule has 94 valence electrons. The zero-order valence-corrected chi connectivity index (χ0v) is 10.8. The Hall–Kier alpha value is -1.06. The second kappa shape index (κ2) is 6.03. The maximum Gasteiger partial charge on any atom is 0.119 e. The summed E-state index contributed by atoms with van der Waals surface area (Å²) in [7, 11) is 1.73. The highest BCUT2D eigenvalue weighted by Gasteiger charge is 2.20. The third-order valence-electron chi connectivity index (χ3n) is 3.46. The van der Waals surface area contributed by atoms with Gasteiger partial charge in [-0.25, -0.2) is 0 Å². The van der Waals surface area contributed by atoms with Crippen molar-refractivity contribution >= 4 is 0 Å². The summed E-state index contributed by atoms with van der Waals surface area (Å²) in [5.74, 6) is 0.955. The Morgan fingerprint density at radius 1 is 1.35 bits per heavy atom. The Morgan fingerprint density at radius 3 is 2.76 bits per heavy atom. The third-order valence-corrected chi connectivity index (χ3v) is 3.46. The van der Waals surface area contributed by atoms with Gasteiger partial charge in [0.25, 0.3) is 0 Å². The molecule has 0 aliphatic carbocycles. The fourth-order valence-corrected chi connectivity index (χ4v) is 2.55. The van der Waals surface area contributed by atoms with E-state index in [-0.39, 0.29) is 0 Å². The molecule has 0 aromatic heterocycles.